The lowest BCUT2D eigenvalue weighted by Gasteiger charge is -2.51. The lowest BCUT2D eigenvalue weighted by atomic mass is 9.80. The largest absolute Gasteiger partial charge is 0.375 e. The lowest BCUT2D eigenvalue weighted by Crippen LogP contribution is -2.60. The van der Waals surface area contributed by atoms with Crippen molar-refractivity contribution < 1.29 is 9.94 Å². The summed E-state index contributed by atoms with van der Waals surface area (Å²) in [5.41, 5.74) is -0.458. The summed E-state index contributed by atoms with van der Waals surface area (Å²) in [6, 6.07) is 0. The molecule has 0 aliphatic carbocycles. The summed E-state index contributed by atoms with van der Waals surface area (Å²) in [5, 5.41) is 11.9. The molecule has 0 aromatic heterocycles. The molecular weight excluding hydrogens is 274 g/mol. The Kier molecular flexibility index (Phi) is 6.91. The minimum absolute atomic E-state index is 0.229. The Hall–Kier alpha value is -0.120. The fraction of sp³-hybridized carbons (Fsp3) is 1.00. The van der Waals surface area contributed by atoms with Crippen LogP contribution < -0.4 is 0 Å². The molecule has 1 saturated heterocycles. The average Bonchev–Trinajstić information content (AvgIpc) is 2.42. The van der Waals surface area contributed by atoms with Crippen molar-refractivity contribution in [3.8, 4) is 0 Å². The fourth-order valence-corrected chi connectivity index (χ4v) is 3.91. The Bertz CT molecular complexity index is 322. The standard InChI is InChI=1S/C19H39NO2/c1-9-14(3)15(4)11-16(10-2)22-17-12-18(5,6)20(21)19(7,8)13-17/h14-17,21H,9-13H2,1-8H3. The van der Waals surface area contributed by atoms with Gasteiger partial charge in [-0.1, -0.05) is 34.1 Å². The smallest absolute Gasteiger partial charge is 0.0615 e. The second-order valence-electron chi connectivity index (χ2n) is 8.73. The molecule has 0 aromatic rings. The van der Waals surface area contributed by atoms with Gasteiger partial charge in [0.05, 0.1) is 12.2 Å². The quantitative estimate of drug-likeness (QED) is 0.695. The minimum atomic E-state index is -0.229. The molecule has 0 aromatic carbocycles. The zero-order chi connectivity index (χ0) is 17.1. The van der Waals surface area contributed by atoms with E-state index in [2.05, 4.69) is 55.4 Å². The van der Waals surface area contributed by atoms with E-state index in [1.165, 1.54) is 11.5 Å². The van der Waals surface area contributed by atoms with Crippen molar-refractivity contribution in [1.82, 2.24) is 5.06 Å². The Labute approximate surface area is 138 Å². The molecule has 1 aliphatic rings. The molecule has 22 heavy (non-hydrogen) atoms. The number of hydrogen-bond acceptors (Lipinski definition) is 3. The van der Waals surface area contributed by atoms with Gasteiger partial charge < -0.3 is 9.94 Å². The van der Waals surface area contributed by atoms with Gasteiger partial charge in [0.15, 0.2) is 0 Å². The molecule has 0 spiro atoms. The first-order valence-electron chi connectivity index (χ1n) is 9.18. The zero-order valence-corrected chi connectivity index (χ0v) is 16.1. The third-order valence-corrected chi connectivity index (χ3v) is 5.69. The first-order chi connectivity index (χ1) is 10.0. The van der Waals surface area contributed by atoms with E-state index >= 15 is 0 Å². The van der Waals surface area contributed by atoms with Crippen LogP contribution in [0.2, 0.25) is 0 Å². The number of hydroxylamine groups is 2. The molecule has 3 atom stereocenters. The highest BCUT2D eigenvalue weighted by Crippen LogP contribution is 2.39. The summed E-state index contributed by atoms with van der Waals surface area (Å²) in [6.07, 6.45) is 5.81. The van der Waals surface area contributed by atoms with Crippen molar-refractivity contribution in [1.29, 1.82) is 0 Å². The van der Waals surface area contributed by atoms with Gasteiger partial charge >= 0.3 is 0 Å². The molecule has 0 bridgehead atoms. The summed E-state index contributed by atoms with van der Waals surface area (Å²) in [7, 11) is 0. The highest BCUT2D eigenvalue weighted by Gasteiger charge is 2.45. The summed E-state index contributed by atoms with van der Waals surface area (Å²) < 4.78 is 6.49. The minimum Gasteiger partial charge on any atom is -0.375 e. The maximum Gasteiger partial charge on any atom is 0.0615 e. The molecule has 0 saturated carbocycles. The van der Waals surface area contributed by atoms with E-state index in [0.29, 0.717) is 12.0 Å². The Balaban J connectivity index is 2.67. The van der Waals surface area contributed by atoms with Crippen LogP contribution in [0, 0.1) is 11.8 Å². The molecule has 1 rings (SSSR count). The highest BCUT2D eigenvalue weighted by molar-refractivity contribution is 4.97. The van der Waals surface area contributed by atoms with Gasteiger partial charge in [-0.15, -0.1) is 0 Å². The monoisotopic (exact) mass is 313 g/mol. The molecule has 3 nitrogen and oxygen atoms in total. The van der Waals surface area contributed by atoms with Crippen LogP contribution >= 0.6 is 0 Å². The second-order valence-corrected chi connectivity index (χ2v) is 8.73. The summed E-state index contributed by atoms with van der Waals surface area (Å²) in [5.74, 6) is 1.46. The molecule has 0 radical (unpaired) electrons. The predicted octanol–water partition coefficient (Wildman–Crippen LogP) is 5.26. The number of rotatable bonds is 7. The van der Waals surface area contributed by atoms with Gasteiger partial charge in [-0.05, 0) is 65.2 Å². The van der Waals surface area contributed by atoms with Crippen LogP contribution in [0.4, 0.5) is 0 Å². The fourth-order valence-electron chi connectivity index (χ4n) is 3.91. The molecule has 0 amide bonds. The molecule has 3 unspecified atom stereocenters. The van der Waals surface area contributed by atoms with Crippen molar-refractivity contribution in [2.75, 3.05) is 0 Å². The second kappa shape index (κ2) is 7.63. The van der Waals surface area contributed by atoms with Crippen LogP contribution in [-0.4, -0.2) is 33.6 Å². The number of nitrogens with zero attached hydrogens (tertiary/aromatic N) is 1. The van der Waals surface area contributed by atoms with Crippen LogP contribution in [-0.2, 0) is 4.74 Å². The maximum atomic E-state index is 10.4. The van der Waals surface area contributed by atoms with Crippen molar-refractivity contribution >= 4 is 0 Å². The highest BCUT2D eigenvalue weighted by atomic mass is 16.5. The molecule has 1 aliphatic heterocycles. The van der Waals surface area contributed by atoms with E-state index < -0.39 is 0 Å². The molecule has 3 heteroatoms. The molecule has 1 heterocycles. The molecule has 132 valence electrons. The number of hydrogen-bond donors (Lipinski definition) is 1. The summed E-state index contributed by atoms with van der Waals surface area (Å²) in [6.45, 7) is 17.6. The van der Waals surface area contributed by atoms with Crippen LogP contribution in [0.3, 0.4) is 0 Å². The van der Waals surface area contributed by atoms with Gasteiger partial charge in [0.2, 0.25) is 0 Å². The number of piperidine rings is 1. The van der Waals surface area contributed by atoms with Gasteiger partial charge in [0, 0.05) is 11.1 Å². The zero-order valence-electron chi connectivity index (χ0n) is 16.1. The van der Waals surface area contributed by atoms with E-state index in [-0.39, 0.29) is 17.2 Å². The Morgan fingerprint density at radius 1 is 1.00 bits per heavy atom. The third kappa shape index (κ3) is 4.94. The maximum absolute atomic E-state index is 10.4. The van der Waals surface area contributed by atoms with Crippen molar-refractivity contribution in [2.45, 2.75) is 111 Å². The van der Waals surface area contributed by atoms with Gasteiger partial charge in [-0.25, -0.2) is 0 Å². The van der Waals surface area contributed by atoms with Crippen LogP contribution in [0.15, 0.2) is 0 Å². The molecule has 1 N–H and O–H groups in total. The van der Waals surface area contributed by atoms with Crippen molar-refractivity contribution in [3.05, 3.63) is 0 Å². The van der Waals surface area contributed by atoms with E-state index in [1.807, 2.05) is 0 Å². The van der Waals surface area contributed by atoms with Crippen LogP contribution in [0.1, 0.15) is 87.5 Å². The first-order valence-corrected chi connectivity index (χ1v) is 9.18. The van der Waals surface area contributed by atoms with Crippen LogP contribution in [0.25, 0.3) is 0 Å². The Morgan fingerprint density at radius 3 is 1.91 bits per heavy atom. The molecule has 1 fully saturated rings. The van der Waals surface area contributed by atoms with Crippen molar-refractivity contribution in [2.24, 2.45) is 11.8 Å². The van der Waals surface area contributed by atoms with Gasteiger partial charge in [-0.3, -0.25) is 0 Å². The first kappa shape index (κ1) is 19.9. The van der Waals surface area contributed by atoms with Crippen molar-refractivity contribution in [3.63, 3.8) is 0 Å². The van der Waals surface area contributed by atoms with E-state index in [4.69, 9.17) is 4.74 Å². The van der Waals surface area contributed by atoms with E-state index in [9.17, 15) is 5.21 Å². The average molecular weight is 314 g/mol. The van der Waals surface area contributed by atoms with E-state index in [0.717, 1.165) is 31.6 Å². The predicted molar refractivity (Wildman–Crippen MR) is 93.2 cm³/mol. The Morgan fingerprint density at radius 2 is 1.50 bits per heavy atom. The molecular formula is C19H39NO2. The third-order valence-electron chi connectivity index (χ3n) is 5.69. The van der Waals surface area contributed by atoms with Gasteiger partial charge in [0.25, 0.3) is 0 Å². The normalized spacial score (nSPS) is 26.6. The van der Waals surface area contributed by atoms with E-state index in [1.54, 1.807) is 0 Å². The van der Waals surface area contributed by atoms with Gasteiger partial charge in [0.1, 0.15) is 0 Å². The summed E-state index contributed by atoms with van der Waals surface area (Å²) >= 11 is 0. The summed E-state index contributed by atoms with van der Waals surface area (Å²) in [4.78, 5) is 0. The SMILES string of the molecule is CCC(CC(C)C(C)CC)OC1CC(C)(C)N(O)C(C)(C)C1. The van der Waals surface area contributed by atoms with Crippen LogP contribution in [0.5, 0.6) is 0 Å². The van der Waals surface area contributed by atoms with Gasteiger partial charge in [-0.2, -0.15) is 5.06 Å². The number of ether oxygens (including phenoxy) is 1. The lowest BCUT2D eigenvalue weighted by molar-refractivity contribution is -0.265. The topological polar surface area (TPSA) is 32.7 Å².